The largest absolute Gasteiger partial charge is 0.338 e. The van der Waals surface area contributed by atoms with Gasteiger partial charge in [-0.25, -0.2) is 4.79 Å². The van der Waals surface area contributed by atoms with Crippen LogP contribution in [0.25, 0.3) is 5.69 Å². The molecule has 0 aliphatic rings. The Morgan fingerprint density at radius 1 is 1.29 bits per heavy atom. The summed E-state index contributed by atoms with van der Waals surface area (Å²) in [7, 11) is 0. The normalized spacial score (nSPS) is 10.7. The Hall–Kier alpha value is -2.35. The molecular weight excluding hydrogens is 326 g/mol. The summed E-state index contributed by atoms with van der Waals surface area (Å²) in [5.74, 6) is 0.0353. The number of urea groups is 1. The predicted octanol–water partition coefficient (Wildman–Crippen LogP) is 2.15. The van der Waals surface area contributed by atoms with Gasteiger partial charge >= 0.3 is 6.03 Å². The molecule has 1 aromatic carbocycles. The molecule has 0 saturated heterocycles. The van der Waals surface area contributed by atoms with Crippen LogP contribution >= 0.6 is 11.8 Å². The molecule has 0 aliphatic heterocycles. The van der Waals surface area contributed by atoms with Crippen molar-refractivity contribution in [2.24, 2.45) is 5.92 Å². The Bertz CT molecular complexity index is 714. The lowest BCUT2D eigenvalue weighted by Crippen LogP contribution is -2.41. The average Bonchev–Trinajstić information content (AvgIpc) is 2.99. The average molecular weight is 347 g/mol. The number of hydrogen-bond donors (Lipinski definition) is 2. The van der Waals surface area contributed by atoms with Crippen LogP contribution in [0.2, 0.25) is 0 Å². The van der Waals surface area contributed by atoms with Gasteiger partial charge in [0.25, 0.3) is 0 Å². The number of amides is 3. The van der Waals surface area contributed by atoms with Gasteiger partial charge in [0.1, 0.15) is 6.33 Å². The highest BCUT2D eigenvalue weighted by Gasteiger charge is 2.13. The summed E-state index contributed by atoms with van der Waals surface area (Å²) in [6.07, 6.45) is 1.61. The Labute approximate surface area is 145 Å². The zero-order valence-corrected chi connectivity index (χ0v) is 14.8. The number of nitrogens with one attached hydrogen (secondary N) is 2. The molecule has 2 rings (SSSR count). The van der Waals surface area contributed by atoms with Crippen LogP contribution in [0.3, 0.4) is 0 Å². The third-order valence-corrected chi connectivity index (χ3v) is 4.09. The van der Waals surface area contributed by atoms with E-state index in [1.54, 1.807) is 6.33 Å². The summed E-state index contributed by atoms with van der Waals surface area (Å²) in [6, 6.07) is 7.37. The van der Waals surface area contributed by atoms with Crippen LogP contribution in [0.15, 0.2) is 35.7 Å². The van der Waals surface area contributed by atoms with Gasteiger partial charge in [0, 0.05) is 6.54 Å². The van der Waals surface area contributed by atoms with E-state index in [0.29, 0.717) is 17.6 Å². The number of benzene rings is 1. The molecule has 2 aromatic rings. The zero-order chi connectivity index (χ0) is 17.5. The molecule has 24 heavy (non-hydrogen) atoms. The summed E-state index contributed by atoms with van der Waals surface area (Å²) in [5, 5.41) is 13.5. The van der Waals surface area contributed by atoms with Crippen molar-refractivity contribution in [3.05, 3.63) is 36.2 Å². The minimum atomic E-state index is -0.477. The van der Waals surface area contributed by atoms with E-state index in [0.717, 1.165) is 11.3 Å². The lowest BCUT2D eigenvalue weighted by atomic mass is 10.2. The lowest BCUT2D eigenvalue weighted by molar-refractivity contribution is -0.117. The molecule has 0 atom stereocenters. The highest BCUT2D eigenvalue weighted by atomic mass is 32.2. The molecule has 2 N–H and O–H groups in total. The highest BCUT2D eigenvalue weighted by molar-refractivity contribution is 7.99. The maximum Gasteiger partial charge on any atom is 0.321 e. The molecule has 0 bridgehead atoms. The summed E-state index contributed by atoms with van der Waals surface area (Å²) < 4.78 is 1.83. The Morgan fingerprint density at radius 3 is 2.75 bits per heavy atom. The van der Waals surface area contributed by atoms with Gasteiger partial charge in [0.15, 0.2) is 5.16 Å². The molecule has 8 heteroatoms. The molecule has 1 aromatic heterocycles. The van der Waals surface area contributed by atoms with Crippen LogP contribution in [-0.2, 0) is 4.79 Å². The maximum atomic E-state index is 11.9. The molecule has 0 aliphatic carbocycles. The summed E-state index contributed by atoms with van der Waals surface area (Å²) >= 11 is 1.23. The predicted molar refractivity (Wildman–Crippen MR) is 93.2 cm³/mol. The fourth-order valence-electron chi connectivity index (χ4n) is 1.96. The standard InChI is InChI=1S/C16H21N5O2S/c1-11(2)8-17-15(23)19-14(22)9-24-16-20-18-10-21(16)13-7-5-4-6-12(13)3/h4-7,10-11H,8-9H2,1-3H3,(H2,17,19,22,23). The van der Waals surface area contributed by atoms with E-state index in [4.69, 9.17) is 0 Å². The van der Waals surface area contributed by atoms with Gasteiger partial charge < -0.3 is 5.32 Å². The van der Waals surface area contributed by atoms with Crippen molar-refractivity contribution in [2.75, 3.05) is 12.3 Å². The number of rotatable bonds is 6. The van der Waals surface area contributed by atoms with Crippen molar-refractivity contribution in [1.29, 1.82) is 0 Å². The topological polar surface area (TPSA) is 88.9 Å². The van der Waals surface area contributed by atoms with Gasteiger partial charge in [-0.3, -0.25) is 14.7 Å². The van der Waals surface area contributed by atoms with E-state index in [9.17, 15) is 9.59 Å². The second-order valence-corrected chi connectivity index (χ2v) is 6.65. The first-order valence-corrected chi connectivity index (χ1v) is 8.62. The second-order valence-electron chi connectivity index (χ2n) is 5.71. The van der Waals surface area contributed by atoms with Crippen LogP contribution < -0.4 is 10.6 Å². The number of aromatic nitrogens is 3. The van der Waals surface area contributed by atoms with Crippen molar-refractivity contribution in [3.8, 4) is 5.69 Å². The third-order valence-electron chi connectivity index (χ3n) is 3.15. The van der Waals surface area contributed by atoms with E-state index in [1.165, 1.54) is 11.8 Å². The molecule has 128 valence electrons. The van der Waals surface area contributed by atoms with Crippen molar-refractivity contribution >= 4 is 23.7 Å². The molecule has 0 spiro atoms. The van der Waals surface area contributed by atoms with Gasteiger partial charge in [-0.1, -0.05) is 43.8 Å². The first kappa shape index (κ1) is 18.0. The van der Waals surface area contributed by atoms with E-state index in [1.807, 2.05) is 49.6 Å². The number of carbonyl (C=O) groups is 2. The van der Waals surface area contributed by atoms with Crippen LogP contribution in [0.5, 0.6) is 0 Å². The van der Waals surface area contributed by atoms with Crippen LogP contribution in [0, 0.1) is 12.8 Å². The summed E-state index contributed by atoms with van der Waals surface area (Å²) in [6.45, 7) is 6.48. The number of aryl methyl sites for hydroxylation is 1. The van der Waals surface area contributed by atoms with Gasteiger partial charge in [-0.2, -0.15) is 0 Å². The molecular formula is C16H21N5O2S. The van der Waals surface area contributed by atoms with Gasteiger partial charge in [0.05, 0.1) is 11.4 Å². The van der Waals surface area contributed by atoms with Crippen LogP contribution in [-0.4, -0.2) is 39.0 Å². The van der Waals surface area contributed by atoms with E-state index in [-0.39, 0.29) is 11.7 Å². The molecule has 0 saturated carbocycles. The Kier molecular flexibility index (Phi) is 6.36. The van der Waals surface area contributed by atoms with Gasteiger partial charge in [-0.15, -0.1) is 10.2 Å². The fraction of sp³-hybridized carbons (Fsp3) is 0.375. The van der Waals surface area contributed by atoms with E-state index < -0.39 is 6.03 Å². The summed E-state index contributed by atoms with van der Waals surface area (Å²) in [4.78, 5) is 23.4. The number of hydrogen-bond acceptors (Lipinski definition) is 5. The molecule has 0 unspecified atom stereocenters. The lowest BCUT2D eigenvalue weighted by Gasteiger charge is -2.10. The van der Waals surface area contributed by atoms with Crippen molar-refractivity contribution in [3.63, 3.8) is 0 Å². The van der Waals surface area contributed by atoms with Crippen molar-refractivity contribution < 1.29 is 9.59 Å². The summed E-state index contributed by atoms with van der Waals surface area (Å²) in [5.41, 5.74) is 2.04. The van der Waals surface area contributed by atoms with Crippen molar-refractivity contribution in [2.45, 2.75) is 25.9 Å². The minimum Gasteiger partial charge on any atom is -0.338 e. The third kappa shape index (κ3) is 5.09. The van der Waals surface area contributed by atoms with E-state index >= 15 is 0 Å². The Balaban J connectivity index is 1.92. The molecule has 3 amide bonds. The van der Waals surface area contributed by atoms with E-state index in [2.05, 4.69) is 20.8 Å². The first-order chi connectivity index (χ1) is 11.5. The minimum absolute atomic E-state index is 0.0830. The monoisotopic (exact) mass is 347 g/mol. The van der Waals surface area contributed by atoms with Crippen LogP contribution in [0.4, 0.5) is 4.79 Å². The fourth-order valence-corrected chi connectivity index (χ4v) is 2.68. The van der Waals surface area contributed by atoms with Gasteiger partial charge in [0.2, 0.25) is 5.91 Å². The number of nitrogens with zero attached hydrogens (tertiary/aromatic N) is 3. The van der Waals surface area contributed by atoms with Crippen LogP contribution in [0.1, 0.15) is 19.4 Å². The smallest absolute Gasteiger partial charge is 0.321 e. The molecule has 7 nitrogen and oxygen atoms in total. The zero-order valence-electron chi connectivity index (χ0n) is 13.9. The van der Waals surface area contributed by atoms with Crippen molar-refractivity contribution in [1.82, 2.24) is 25.4 Å². The SMILES string of the molecule is Cc1ccccc1-n1cnnc1SCC(=O)NC(=O)NCC(C)C. The quantitative estimate of drug-likeness (QED) is 0.782. The number of para-hydroxylation sites is 1. The Morgan fingerprint density at radius 2 is 2.04 bits per heavy atom. The molecule has 0 fully saturated rings. The number of carbonyl (C=O) groups excluding carboxylic acids is 2. The maximum absolute atomic E-state index is 11.9. The number of thioether (sulfide) groups is 1. The second kappa shape index (κ2) is 8.49. The molecule has 1 heterocycles. The number of imide groups is 1. The molecule has 0 radical (unpaired) electrons. The first-order valence-electron chi connectivity index (χ1n) is 7.64. The van der Waals surface area contributed by atoms with Gasteiger partial charge in [-0.05, 0) is 24.5 Å². The highest BCUT2D eigenvalue weighted by Crippen LogP contribution is 2.21.